The van der Waals surface area contributed by atoms with E-state index in [4.69, 9.17) is 9.26 Å². The van der Waals surface area contributed by atoms with Gasteiger partial charge in [-0.3, -0.25) is 4.79 Å². The molecule has 29 heavy (non-hydrogen) atoms. The minimum absolute atomic E-state index is 0.106. The van der Waals surface area contributed by atoms with Crippen LogP contribution in [0.25, 0.3) is 0 Å². The Balaban J connectivity index is 1.57. The number of fused-ring (bicyclic) bond motifs is 1. The van der Waals surface area contributed by atoms with Crippen LogP contribution in [0.1, 0.15) is 40.2 Å². The smallest absolute Gasteiger partial charge is 0.259 e. The summed E-state index contributed by atoms with van der Waals surface area (Å²) in [6.45, 7) is 5.00. The van der Waals surface area contributed by atoms with Crippen LogP contribution in [0, 0.1) is 13.8 Å². The summed E-state index contributed by atoms with van der Waals surface area (Å²) in [6, 6.07) is 7.54. The van der Waals surface area contributed by atoms with Gasteiger partial charge in [0.2, 0.25) is 0 Å². The molecule has 4 rings (SSSR count). The summed E-state index contributed by atoms with van der Waals surface area (Å²) in [7, 11) is -3.39. The summed E-state index contributed by atoms with van der Waals surface area (Å²) < 4.78 is 37.7. The second-order valence-electron chi connectivity index (χ2n) is 7.92. The molecule has 1 saturated heterocycles. The fourth-order valence-corrected chi connectivity index (χ4v) is 4.97. The first-order valence-corrected chi connectivity index (χ1v) is 11.5. The lowest BCUT2D eigenvalue weighted by molar-refractivity contribution is -0.00341. The number of benzene rings is 1. The van der Waals surface area contributed by atoms with Crippen molar-refractivity contribution in [3.8, 4) is 5.75 Å². The van der Waals surface area contributed by atoms with Crippen molar-refractivity contribution >= 4 is 16.3 Å². The van der Waals surface area contributed by atoms with Crippen molar-refractivity contribution in [3.63, 3.8) is 0 Å². The number of sulfonamides is 1. The molecule has 0 saturated carbocycles. The van der Waals surface area contributed by atoms with Gasteiger partial charge in [0.15, 0.2) is 0 Å². The molecule has 0 aliphatic carbocycles. The van der Waals surface area contributed by atoms with E-state index in [1.54, 1.807) is 18.7 Å². The predicted molar refractivity (Wildman–Crippen MR) is 106 cm³/mol. The molecule has 0 bridgehead atoms. The number of carbonyl (C=O) groups is 1. The molecular weight excluding hydrogens is 394 g/mol. The van der Waals surface area contributed by atoms with Gasteiger partial charge in [-0.2, -0.15) is 0 Å². The maximum atomic E-state index is 12.9. The van der Waals surface area contributed by atoms with Crippen molar-refractivity contribution in [2.45, 2.75) is 38.8 Å². The minimum Gasteiger partial charge on any atom is -0.598 e. The maximum Gasteiger partial charge on any atom is 0.259 e. The van der Waals surface area contributed by atoms with Gasteiger partial charge in [0.25, 0.3) is 5.91 Å². The van der Waals surface area contributed by atoms with E-state index in [1.807, 2.05) is 24.3 Å². The number of piperidine rings is 1. The molecule has 2 aliphatic heterocycles. The number of ether oxygens (including phenoxy) is 1. The Bertz CT molecular complexity index is 955. The van der Waals surface area contributed by atoms with Crippen LogP contribution in [0.15, 0.2) is 28.8 Å². The highest BCUT2D eigenvalue weighted by atomic mass is 32.3. The Kier molecular flexibility index (Phi) is 5.00. The van der Waals surface area contributed by atoms with E-state index in [-0.39, 0.29) is 12.5 Å². The van der Waals surface area contributed by atoms with Crippen molar-refractivity contribution in [2.75, 3.05) is 25.9 Å². The van der Waals surface area contributed by atoms with Crippen molar-refractivity contribution < 1.29 is 22.8 Å². The standard InChI is InChI=1S/C20H25N3O5S/c1-14-18(15(2)28-21-14)19(24)22-10-8-20(9-11-22)13-23(29(3,25)26)12-16-6-4-5-7-17(16)27-20/h4-7H,8-13H2,1-3H3. The zero-order valence-electron chi connectivity index (χ0n) is 16.8. The van der Waals surface area contributed by atoms with Crippen LogP contribution in [0.2, 0.25) is 0 Å². The van der Waals surface area contributed by atoms with Crippen LogP contribution in [0.3, 0.4) is 0 Å². The van der Waals surface area contributed by atoms with E-state index in [9.17, 15) is 13.6 Å². The lowest BCUT2D eigenvalue weighted by atomic mass is 9.90. The number of para-hydroxylation sites is 1. The third kappa shape index (κ3) is 3.82. The lowest BCUT2D eigenvalue weighted by Crippen LogP contribution is -2.55. The number of likely N-dealkylation sites (tertiary alicyclic amines) is 1. The molecule has 0 N–H and O–H groups in total. The van der Waals surface area contributed by atoms with E-state index in [2.05, 4.69) is 5.16 Å². The molecule has 1 spiro atoms. The van der Waals surface area contributed by atoms with Gasteiger partial charge in [0, 0.05) is 31.5 Å². The highest BCUT2D eigenvalue weighted by Crippen LogP contribution is 2.37. The SMILES string of the molecule is Cc1noc(C)c1C(=O)N1CCC2(CC1)CN([S+](C)(=O)[O-])Cc1ccccc1O2. The summed E-state index contributed by atoms with van der Waals surface area (Å²) in [4.78, 5) is 14.7. The van der Waals surface area contributed by atoms with Crippen molar-refractivity contribution in [2.24, 2.45) is 0 Å². The van der Waals surface area contributed by atoms with E-state index >= 15 is 0 Å². The Labute approximate surface area is 171 Å². The first kappa shape index (κ1) is 20.1. The Morgan fingerprint density at radius 1 is 1.24 bits per heavy atom. The zero-order valence-corrected chi connectivity index (χ0v) is 17.7. The van der Waals surface area contributed by atoms with E-state index in [1.165, 1.54) is 10.6 Å². The van der Waals surface area contributed by atoms with Gasteiger partial charge >= 0.3 is 0 Å². The molecule has 2 aliphatic rings. The Morgan fingerprint density at radius 2 is 1.93 bits per heavy atom. The average Bonchev–Trinajstić information content (AvgIpc) is 2.91. The predicted octanol–water partition coefficient (Wildman–Crippen LogP) is 2.34. The first-order chi connectivity index (χ1) is 13.7. The van der Waals surface area contributed by atoms with Gasteiger partial charge in [-0.25, -0.2) is 0 Å². The minimum atomic E-state index is -3.39. The number of carbonyl (C=O) groups excluding carboxylic acids is 1. The number of amides is 1. The summed E-state index contributed by atoms with van der Waals surface area (Å²) >= 11 is 0. The number of hydrogen-bond donors (Lipinski definition) is 0. The fraction of sp³-hybridized carbons (Fsp3) is 0.500. The molecular formula is C20H25N3O5S. The fourth-order valence-electron chi connectivity index (χ4n) is 4.13. The molecule has 1 amide bonds. The summed E-state index contributed by atoms with van der Waals surface area (Å²) in [6.07, 6.45) is 2.32. The summed E-state index contributed by atoms with van der Waals surface area (Å²) in [5.74, 6) is 1.12. The van der Waals surface area contributed by atoms with Gasteiger partial charge in [0.1, 0.15) is 39.3 Å². The van der Waals surface area contributed by atoms with Gasteiger partial charge in [0.05, 0.1) is 18.8 Å². The number of aryl methyl sites for hydroxylation is 2. The van der Waals surface area contributed by atoms with Gasteiger partial charge in [-0.15, -0.1) is 4.31 Å². The molecule has 156 valence electrons. The van der Waals surface area contributed by atoms with Crippen LogP contribution in [-0.2, 0) is 21.2 Å². The summed E-state index contributed by atoms with van der Waals surface area (Å²) in [5, 5.41) is 3.87. The largest absolute Gasteiger partial charge is 0.598 e. The maximum absolute atomic E-state index is 12.9. The van der Waals surface area contributed by atoms with Crippen molar-refractivity contribution in [1.82, 2.24) is 14.4 Å². The first-order valence-electron chi connectivity index (χ1n) is 9.63. The van der Waals surface area contributed by atoms with Crippen LogP contribution in [0.5, 0.6) is 5.75 Å². The Hall–Kier alpha value is -2.23. The number of nitrogens with zero attached hydrogens (tertiary/aromatic N) is 3. The van der Waals surface area contributed by atoms with Crippen LogP contribution in [-0.4, -0.2) is 56.3 Å². The van der Waals surface area contributed by atoms with Gasteiger partial charge < -0.3 is 18.7 Å². The van der Waals surface area contributed by atoms with Gasteiger partial charge in [-0.1, -0.05) is 27.6 Å². The van der Waals surface area contributed by atoms with E-state index in [0.717, 1.165) is 5.56 Å². The highest BCUT2D eigenvalue weighted by Gasteiger charge is 2.45. The zero-order chi connectivity index (χ0) is 20.8. The third-order valence-corrected chi connectivity index (χ3v) is 6.98. The molecule has 8 nitrogen and oxygen atoms in total. The molecule has 1 fully saturated rings. The molecule has 9 heteroatoms. The van der Waals surface area contributed by atoms with Crippen LogP contribution < -0.4 is 4.74 Å². The molecule has 1 aromatic carbocycles. The Morgan fingerprint density at radius 3 is 2.55 bits per heavy atom. The highest BCUT2D eigenvalue weighted by molar-refractivity contribution is 7.94. The average molecular weight is 420 g/mol. The quantitative estimate of drug-likeness (QED) is 0.693. The molecule has 3 heterocycles. The second kappa shape index (κ2) is 7.23. The summed E-state index contributed by atoms with van der Waals surface area (Å²) in [5.41, 5.74) is 1.27. The topological polar surface area (TPSA) is 98.9 Å². The normalized spacial score (nSPS) is 21.2. The molecule has 2 aromatic rings. The molecule has 0 radical (unpaired) electrons. The number of rotatable bonds is 2. The number of aromatic nitrogens is 1. The second-order valence-corrected chi connectivity index (χ2v) is 9.90. The van der Waals surface area contributed by atoms with Crippen molar-refractivity contribution in [1.29, 1.82) is 0 Å². The third-order valence-electron chi connectivity index (χ3n) is 5.79. The molecule has 1 atom stereocenters. The molecule has 1 unspecified atom stereocenters. The number of hydrogen-bond acceptors (Lipinski definition) is 6. The lowest BCUT2D eigenvalue weighted by Gasteiger charge is -2.42. The van der Waals surface area contributed by atoms with Crippen molar-refractivity contribution in [3.05, 3.63) is 46.8 Å². The molecule has 1 aromatic heterocycles. The van der Waals surface area contributed by atoms with Crippen LogP contribution >= 0.6 is 0 Å². The van der Waals surface area contributed by atoms with E-state index in [0.29, 0.717) is 55.2 Å². The van der Waals surface area contributed by atoms with Gasteiger partial charge in [-0.05, 0) is 19.9 Å². The van der Waals surface area contributed by atoms with E-state index < -0.39 is 16.0 Å². The monoisotopic (exact) mass is 419 g/mol. The van der Waals surface area contributed by atoms with Crippen LogP contribution in [0.4, 0.5) is 0 Å².